The summed E-state index contributed by atoms with van der Waals surface area (Å²) in [6.07, 6.45) is -0.460. The van der Waals surface area contributed by atoms with E-state index in [0.29, 0.717) is 17.5 Å². The highest BCUT2D eigenvalue weighted by Gasteiger charge is 2.34. The first-order valence-corrected chi connectivity index (χ1v) is 11.5. The van der Waals surface area contributed by atoms with Gasteiger partial charge in [0.1, 0.15) is 18.1 Å². The number of hydrogen-bond acceptors (Lipinski definition) is 6. The highest BCUT2D eigenvalue weighted by Crippen LogP contribution is 2.32. The molecule has 3 aromatic carbocycles. The Labute approximate surface area is 190 Å². The number of hydrogen-bond donors (Lipinski definition) is 1. The fourth-order valence-corrected chi connectivity index (χ4v) is 4.34. The SMILES string of the molecule is CCSC1=NN2C(=c3ccccc3=N[C@H]2c2cccc(OCc3ccccc3)c2)C(=O)N1. The van der Waals surface area contributed by atoms with E-state index in [9.17, 15) is 4.79 Å². The molecule has 5 rings (SSSR count). The number of carbonyl (C=O) groups excluding carboxylic acids is 1. The first-order chi connectivity index (χ1) is 15.7. The van der Waals surface area contributed by atoms with E-state index in [4.69, 9.17) is 14.8 Å². The first kappa shape index (κ1) is 20.3. The maximum absolute atomic E-state index is 13.0. The third-order valence-electron chi connectivity index (χ3n) is 5.20. The van der Waals surface area contributed by atoms with Crippen molar-refractivity contribution >= 4 is 28.5 Å². The van der Waals surface area contributed by atoms with Gasteiger partial charge < -0.3 is 4.74 Å². The van der Waals surface area contributed by atoms with Crippen molar-refractivity contribution in [1.29, 1.82) is 0 Å². The second-order valence-corrected chi connectivity index (χ2v) is 8.60. The number of rotatable bonds is 5. The standard InChI is InChI=1S/C25H22N4O2S/c1-2-32-25-27-24(30)22-20-13-6-7-14-21(20)26-23(29(22)28-25)18-11-8-12-19(15-18)31-16-17-9-4-3-5-10-17/h3-15,23H,2,16H2,1H3,(H,27,28,30)/t23-/m1/s1. The molecular formula is C25H22N4O2S. The number of fused-ring (bicyclic) bond motifs is 2. The molecule has 32 heavy (non-hydrogen) atoms. The molecule has 0 saturated heterocycles. The van der Waals surface area contributed by atoms with Crippen LogP contribution in [0.3, 0.4) is 0 Å². The first-order valence-electron chi connectivity index (χ1n) is 10.5. The molecule has 0 fully saturated rings. The fourth-order valence-electron chi connectivity index (χ4n) is 3.75. The predicted molar refractivity (Wildman–Crippen MR) is 126 cm³/mol. The average molecular weight is 443 g/mol. The van der Waals surface area contributed by atoms with Gasteiger partial charge in [0.25, 0.3) is 5.91 Å². The number of para-hydroxylation sites is 1. The van der Waals surface area contributed by atoms with Crippen molar-refractivity contribution in [2.24, 2.45) is 10.1 Å². The summed E-state index contributed by atoms with van der Waals surface area (Å²) < 4.78 is 6.02. The smallest absolute Gasteiger partial charge is 0.276 e. The van der Waals surface area contributed by atoms with Crippen LogP contribution >= 0.6 is 11.8 Å². The van der Waals surface area contributed by atoms with Crippen molar-refractivity contribution in [2.45, 2.75) is 19.7 Å². The summed E-state index contributed by atoms with van der Waals surface area (Å²) in [5.74, 6) is 1.39. The summed E-state index contributed by atoms with van der Waals surface area (Å²) in [7, 11) is 0. The minimum absolute atomic E-state index is 0.167. The molecule has 2 heterocycles. The molecule has 0 unspecified atom stereocenters. The Hall–Kier alpha value is -3.58. The predicted octanol–water partition coefficient (Wildman–Crippen LogP) is 3.16. The molecule has 0 aliphatic carbocycles. The van der Waals surface area contributed by atoms with Crippen LogP contribution in [0.25, 0.3) is 5.70 Å². The maximum atomic E-state index is 13.0. The van der Waals surface area contributed by atoms with Gasteiger partial charge in [-0.2, -0.15) is 0 Å². The van der Waals surface area contributed by atoms with Crippen molar-refractivity contribution in [3.05, 3.63) is 101 Å². The largest absolute Gasteiger partial charge is 0.489 e. The topological polar surface area (TPSA) is 66.3 Å². The van der Waals surface area contributed by atoms with Crippen LogP contribution in [0.2, 0.25) is 0 Å². The zero-order chi connectivity index (χ0) is 21.9. The Kier molecular flexibility index (Phi) is 5.64. The Bertz CT molecular complexity index is 1310. The summed E-state index contributed by atoms with van der Waals surface area (Å²) in [5, 5.41) is 11.5. The molecule has 1 atom stereocenters. The van der Waals surface area contributed by atoms with Gasteiger partial charge in [-0.3, -0.25) is 15.1 Å². The normalized spacial score (nSPS) is 17.0. The number of amides is 1. The number of ether oxygens (including phenoxy) is 1. The highest BCUT2D eigenvalue weighted by molar-refractivity contribution is 8.13. The van der Waals surface area contributed by atoms with Crippen molar-refractivity contribution in [3.8, 4) is 5.75 Å². The third-order valence-corrected chi connectivity index (χ3v) is 5.95. The average Bonchev–Trinajstić information content (AvgIpc) is 2.83. The van der Waals surface area contributed by atoms with E-state index in [1.165, 1.54) is 11.8 Å². The molecule has 7 heteroatoms. The molecule has 0 radical (unpaired) electrons. The van der Waals surface area contributed by atoms with Crippen LogP contribution in [0.15, 0.2) is 89.0 Å². The molecule has 1 amide bonds. The van der Waals surface area contributed by atoms with Gasteiger partial charge in [0.2, 0.25) is 0 Å². The Balaban J connectivity index is 1.53. The summed E-state index contributed by atoms with van der Waals surface area (Å²) in [6, 6.07) is 25.6. The van der Waals surface area contributed by atoms with Gasteiger partial charge in [-0.05, 0) is 29.5 Å². The van der Waals surface area contributed by atoms with E-state index < -0.39 is 6.17 Å². The van der Waals surface area contributed by atoms with E-state index in [2.05, 4.69) is 5.32 Å². The molecule has 0 saturated carbocycles. The second kappa shape index (κ2) is 8.88. The minimum Gasteiger partial charge on any atom is -0.489 e. The van der Waals surface area contributed by atoms with Crippen LogP contribution in [0.5, 0.6) is 5.75 Å². The molecule has 2 aliphatic rings. The van der Waals surface area contributed by atoms with E-state index >= 15 is 0 Å². The summed E-state index contributed by atoms with van der Waals surface area (Å²) in [5.41, 5.74) is 2.52. The Morgan fingerprint density at radius 1 is 1.03 bits per heavy atom. The molecule has 0 aromatic heterocycles. The lowest BCUT2D eigenvalue weighted by atomic mass is 10.1. The van der Waals surface area contributed by atoms with E-state index in [-0.39, 0.29) is 5.91 Å². The van der Waals surface area contributed by atoms with E-state index in [0.717, 1.165) is 33.2 Å². The van der Waals surface area contributed by atoms with Crippen molar-refractivity contribution < 1.29 is 9.53 Å². The van der Waals surface area contributed by atoms with Gasteiger partial charge in [0, 0.05) is 10.8 Å². The van der Waals surface area contributed by atoms with Gasteiger partial charge >= 0.3 is 0 Å². The molecular weight excluding hydrogens is 420 g/mol. The third kappa shape index (κ3) is 3.99. The van der Waals surface area contributed by atoms with Crippen LogP contribution in [0.1, 0.15) is 24.2 Å². The number of thioether (sulfide) groups is 1. The molecule has 2 aliphatic heterocycles. The summed E-state index contributed by atoms with van der Waals surface area (Å²) >= 11 is 1.50. The second-order valence-electron chi connectivity index (χ2n) is 7.35. The molecule has 6 nitrogen and oxygen atoms in total. The number of nitrogens with one attached hydrogen (secondary N) is 1. The Morgan fingerprint density at radius 2 is 1.84 bits per heavy atom. The number of amidine groups is 1. The van der Waals surface area contributed by atoms with Gasteiger partial charge in [0.05, 0.1) is 5.36 Å². The van der Waals surface area contributed by atoms with Gasteiger partial charge in [-0.1, -0.05) is 79.3 Å². The Morgan fingerprint density at radius 3 is 2.69 bits per heavy atom. The zero-order valence-corrected chi connectivity index (χ0v) is 18.4. The maximum Gasteiger partial charge on any atom is 0.276 e. The fraction of sp³-hybridized carbons (Fsp3) is 0.160. The highest BCUT2D eigenvalue weighted by atomic mass is 32.2. The van der Waals surface area contributed by atoms with Crippen molar-refractivity contribution in [2.75, 3.05) is 5.75 Å². The monoisotopic (exact) mass is 442 g/mol. The van der Waals surface area contributed by atoms with Crippen LogP contribution in [-0.4, -0.2) is 21.8 Å². The molecule has 3 aromatic rings. The molecule has 0 bridgehead atoms. The van der Waals surface area contributed by atoms with Crippen LogP contribution in [-0.2, 0) is 11.4 Å². The molecule has 160 valence electrons. The number of nitrogens with zero attached hydrogens (tertiary/aromatic N) is 3. The lowest BCUT2D eigenvalue weighted by molar-refractivity contribution is -0.116. The van der Waals surface area contributed by atoms with Gasteiger partial charge in [-0.25, -0.2) is 5.01 Å². The van der Waals surface area contributed by atoms with Crippen LogP contribution in [0.4, 0.5) is 0 Å². The van der Waals surface area contributed by atoms with E-state index in [1.54, 1.807) is 5.01 Å². The van der Waals surface area contributed by atoms with E-state index in [1.807, 2.05) is 85.8 Å². The summed E-state index contributed by atoms with van der Waals surface area (Å²) in [6.45, 7) is 2.51. The number of hydrazone groups is 1. The molecule has 1 N–H and O–H groups in total. The lowest BCUT2D eigenvalue weighted by Gasteiger charge is -2.34. The van der Waals surface area contributed by atoms with Gasteiger partial charge in [0.15, 0.2) is 11.3 Å². The quantitative estimate of drug-likeness (QED) is 0.659. The minimum atomic E-state index is -0.460. The summed E-state index contributed by atoms with van der Waals surface area (Å²) in [4.78, 5) is 18.0. The number of benzene rings is 3. The molecule has 0 spiro atoms. The van der Waals surface area contributed by atoms with Crippen LogP contribution < -0.4 is 20.6 Å². The van der Waals surface area contributed by atoms with Crippen LogP contribution in [0, 0.1) is 0 Å². The van der Waals surface area contributed by atoms with Crippen molar-refractivity contribution in [3.63, 3.8) is 0 Å². The lowest BCUT2D eigenvalue weighted by Crippen LogP contribution is -2.50. The zero-order valence-electron chi connectivity index (χ0n) is 17.6. The number of carbonyl (C=O) groups is 1. The van der Waals surface area contributed by atoms with Gasteiger partial charge in [-0.15, -0.1) is 5.10 Å². The van der Waals surface area contributed by atoms with Crippen molar-refractivity contribution in [1.82, 2.24) is 10.3 Å².